The fraction of sp³-hybridized carbons (Fsp3) is 0.333. The molecule has 1 N–H and O–H groups in total. The second-order valence-corrected chi connectivity index (χ2v) is 4.71. The van der Waals surface area contributed by atoms with Gasteiger partial charge in [-0.1, -0.05) is 11.6 Å². The van der Waals surface area contributed by atoms with Gasteiger partial charge in [0.25, 0.3) is 5.91 Å². The van der Waals surface area contributed by atoms with Crippen LogP contribution in [0.25, 0.3) is 0 Å². The van der Waals surface area contributed by atoms with Crippen molar-refractivity contribution in [3.63, 3.8) is 0 Å². The summed E-state index contributed by atoms with van der Waals surface area (Å²) >= 11 is 5.57. The number of amides is 1. The van der Waals surface area contributed by atoms with E-state index in [2.05, 4.69) is 11.4 Å². The van der Waals surface area contributed by atoms with E-state index in [0.717, 1.165) is 6.07 Å². The van der Waals surface area contributed by atoms with Gasteiger partial charge in [-0.2, -0.15) is 5.26 Å². The predicted octanol–water partition coefficient (Wildman–Crippen LogP) is 2.76. The molecule has 1 rings (SSSR count). The number of nitriles is 1. The number of carbonyl (C=O) groups excluding carboxylic acids is 1. The highest BCUT2D eigenvalue weighted by Gasteiger charge is 2.18. The molecule has 90 valence electrons. The molecule has 0 saturated carbocycles. The van der Waals surface area contributed by atoms with Crippen LogP contribution in [0, 0.1) is 22.6 Å². The number of nitrogens with zero attached hydrogens (tertiary/aromatic N) is 1. The van der Waals surface area contributed by atoms with E-state index < -0.39 is 11.2 Å². The number of rotatable bonds is 3. The molecule has 1 aromatic carbocycles. The number of carbonyl (C=O) groups is 1. The lowest BCUT2D eigenvalue weighted by Crippen LogP contribution is -2.33. The summed E-state index contributed by atoms with van der Waals surface area (Å²) in [4.78, 5) is 11.7. The van der Waals surface area contributed by atoms with Crippen LogP contribution in [0.15, 0.2) is 18.2 Å². The zero-order chi connectivity index (χ0) is 13.1. The summed E-state index contributed by atoms with van der Waals surface area (Å²) in [6.45, 7) is 3.65. The summed E-state index contributed by atoms with van der Waals surface area (Å²) in [7, 11) is 0. The van der Waals surface area contributed by atoms with Gasteiger partial charge in [0.05, 0.1) is 16.5 Å². The highest BCUT2D eigenvalue weighted by molar-refractivity contribution is 6.31. The van der Waals surface area contributed by atoms with Gasteiger partial charge >= 0.3 is 0 Å². The average molecular weight is 255 g/mol. The molecule has 0 atom stereocenters. The fourth-order valence-electron chi connectivity index (χ4n) is 1.08. The van der Waals surface area contributed by atoms with Crippen molar-refractivity contribution in [1.82, 2.24) is 5.32 Å². The Morgan fingerprint density at radius 1 is 1.59 bits per heavy atom. The van der Waals surface area contributed by atoms with E-state index in [1.165, 1.54) is 12.1 Å². The van der Waals surface area contributed by atoms with Crippen LogP contribution in [0.4, 0.5) is 4.39 Å². The second kappa shape index (κ2) is 5.15. The summed E-state index contributed by atoms with van der Waals surface area (Å²) in [5, 5.41) is 11.3. The van der Waals surface area contributed by atoms with Crippen LogP contribution in [0.3, 0.4) is 0 Å². The van der Waals surface area contributed by atoms with Crippen molar-refractivity contribution in [3.05, 3.63) is 34.6 Å². The quantitative estimate of drug-likeness (QED) is 0.902. The molecule has 0 fully saturated rings. The molecule has 3 nitrogen and oxygen atoms in total. The van der Waals surface area contributed by atoms with Crippen molar-refractivity contribution >= 4 is 17.5 Å². The molecular weight excluding hydrogens is 243 g/mol. The molecule has 0 aliphatic rings. The molecule has 0 bridgehead atoms. The molecule has 0 heterocycles. The van der Waals surface area contributed by atoms with E-state index in [4.69, 9.17) is 16.9 Å². The van der Waals surface area contributed by atoms with Gasteiger partial charge < -0.3 is 5.32 Å². The van der Waals surface area contributed by atoms with E-state index in [-0.39, 0.29) is 23.0 Å². The molecule has 5 heteroatoms. The highest BCUT2D eigenvalue weighted by atomic mass is 35.5. The Hall–Kier alpha value is -1.60. The Balaban J connectivity index is 2.72. The van der Waals surface area contributed by atoms with Crippen LogP contribution in [0.5, 0.6) is 0 Å². The van der Waals surface area contributed by atoms with E-state index in [0.29, 0.717) is 0 Å². The third-order valence-electron chi connectivity index (χ3n) is 2.18. The number of hydrogen-bond acceptors (Lipinski definition) is 2. The van der Waals surface area contributed by atoms with Crippen LogP contribution in [0.2, 0.25) is 5.02 Å². The number of nitrogens with one attached hydrogen (secondary N) is 1. The van der Waals surface area contributed by atoms with Gasteiger partial charge in [0.15, 0.2) is 0 Å². The third-order valence-corrected chi connectivity index (χ3v) is 2.46. The topological polar surface area (TPSA) is 52.9 Å². The van der Waals surface area contributed by atoms with Crippen LogP contribution in [0.1, 0.15) is 24.2 Å². The van der Waals surface area contributed by atoms with Crippen molar-refractivity contribution < 1.29 is 9.18 Å². The maximum Gasteiger partial charge on any atom is 0.251 e. The molecule has 0 unspecified atom stereocenters. The highest BCUT2D eigenvalue weighted by Crippen LogP contribution is 2.16. The lowest BCUT2D eigenvalue weighted by Gasteiger charge is -2.15. The lowest BCUT2D eigenvalue weighted by atomic mass is 9.96. The molecule has 0 aliphatic carbocycles. The summed E-state index contributed by atoms with van der Waals surface area (Å²) < 4.78 is 12.9. The summed E-state index contributed by atoms with van der Waals surface area (Å²) in [5.41, 5.74) is -0.371. The van der Waals surface area contributed by atoms with Crippen LogP contribution in [-0.4, -0.2) is 12.5 Å². The minimum atomic E-state index is -0.639. The Bertz CT molecular complexity index is 480. The van der Waals surface area contributed by atoms with Gasteiger partial charge in [-0.3, -0.25) is 4.79 Å². The molecule has 1 aromatic rings. The molecule has 0 aromatic heterocycles. The summed E-state index contributed by atoms with van der Waals surface area (Å²) in [6, 6.07) is 5.80. The SMILES string of the molecule is CC(C)(C#N)CNC(=O)c1ccc(F)c(Cl)c1. The zero-order valence-corrected chi connectivity index (χ0v) is 10.3. The Morgan fingerprint density at radius 2 is 2.24 bits per heavy atom. The maximum atomic E-state index is 12.9. The fourth-order valence-corrected chi connectivity index (χ4v) is 1.26. The Labute approximate surface area is 104 Å². The van der Waals surface area contributed by atoms with Crippen molar-refractivity contribution in [2.24, 2.45) is 5.41 Å². The Morgan fingerprint density at radius 3 is 2.76 bits per heavy atom. The van der Waals surface area contributed by atoms with Crippen molar-refractivity contribution in [2.45, 2.75) is 13.8 Å². The number of halogens is 2. The standard InChI is InChI=1S/C12H12ClFN2O/c1-12(2,6-15)7-16-11(17)8-3-4-10(14)9(13)5-8/h3-5H,7H2,1-2H3,(H,16,17). The first-order chi connectivity index (χ1) is 7.85. The predicted molar refractivity (Wildman–Crippen MR) is 63.1 cm³/mol. The van der Waals surface area contributed by atoms with Gasteiger partial charge in [0.2, 0.25) is 0 Å². The maximum absolute atomic E-state index is 12.9. The lowest BCUT2D eigenvalue weighted by molar-refractivity contribution is 0.0943. The molecule has 0 spiro atoms. The van der Waals surface area contributed by atoms with E-state index in [1.54, 1.807) is 13.8 Å². The minimum absolute atomic E-state index is 0.0998. The first-order valence-corrected chi connectivity index (χ1v) is 5.38. The molecule has 0 aliphatic heterocycles. The van der Waals surface area contributed by atoms with Crippen molar-refractivity contribution in [3.8, 4) is 6.07 Å². The van der Waals surface area contributed by atoms with Gasteiger partial charge in [0, 0.05) is 12.1 Å². The molecule has 1 amide bonds. The normalized spacial score (nSPS) is 10.8. The summed E-state index contributed by atoms with van der Waals surface area (Å²) in [6.07, 6.45) is 0. The monoisotopic (exact) mass is 254 g/mol. The van der Waals surface area contributed by atoms with E-state index in [9.17, 15) is 9.18 Å². The molecule has 0 saturated heterocycles. The minimum Gasteiger partial charge on any atom is -0.350 e. The third kappa shape index (κ3) is 3.72. The smallest absolute Gasteiger partial charge is 0.251 e. The van der Waals surface area contributed by atoms with E-state index in [1.807, 2.05) is 0 Å². The van der Waals surface area contributed by atoms with Gasteiger partial charge in [0.1, 0.15) is 5.82 Å². The van der Waals surface area contributed by atoms with Gasteiger partial charge in [-0.25, -0.2) is 4.39 Å². The molecular formula is C12H12ClFN2O. The number of hydrogen-bond donors (Lipinski definition) is 1. The van der Waals surface area contributed by atoms with Crippen molar-refractivity contribution in [2.75, 3.05) is 6.54 Å². The molecule has 17 heavy (non-hydrogen) atoms. The van der Waals surface area contributed by atoms with Crippen LogP contribution < -0.4 is 5.32 Å². The zero-order valence-electron chi connectivity index (χ0n) is 9.55. The summed E-state index contributed by atoms with van der Waals surface area (Å²) in [5.74, 6) is -0.948. The van der Waals surface area contributed by atoms with Crippen LogP contribution in [-0.2, 0) is 0 Å². The first kappa shape index (κ1) is 13.5. The Kier molecular flexibility index (Phi) is 4.08. The largest absolute Gasteiger partial charge is 0.350 e. The number of benzene rings is 1. The van der Waals surface area contributed by atoms with Gasteiger partial charge in [-0.15, -0.1) is 0 Å². The second-order valence-electron chi connectivity index (χ2n) is 4.31. The first-order valence-electron chi connectivity index (χ1n) is 5.00. The van der Waals surface area contributed by atoms with Crippen LogP contribution >= 0.6 is 11.6 Å². The van der Waals surface area contributed by atoms with Crippen molar-refractivity contribution in [1.29, 1.82) is 5.26 Å². The molecule has 0 radical (unpaired) electrons. The van der Waals surface area contributed by atoms with E-state index >= 15 is 0 Å². The average Bonchev–Trinajstić information content (AvgIpc) is 2.30. The van der Waals surface area contributed by atoms with Gasteiger partial charge in [-0.05, 0) is 32.0 Å².